The van der Waals surface area contributed by atoms with Crippen molar-refractivity contribution in [2.24, 2.45) is 5.29 Å². The summed E-state index contributed by atoms with van der Waals surface area (Å²) in [6.45, 7) is 0.552. The number of hydrogen-bond donors (Lipinski definition) is 1. The maximum atomic E-state index is 9.73. The second-order valence-corrected chi connectivity index (χ2v) is 2.60. The number of ether oxygens (including phenoxy) is 1. The maximum Gasteiger partial charge on any atom is 0.119 e. The first-order chi connectivity index (χ1) is 6.36. The normalized spacial score (nSPS) is 9.31. The van der Waals surface area contributed by atoms with Gasteiger partial charge in [0.1, 0.15) is 5.75 Å². The lowest BCUT2D eigenvalue weighted by molar-refractivity contribution is 0.414. The number of nitroso groups, excluding NO2 is 1. The van der Waals surface area contributed by atoms with Gasteiger partial charge < -0.3 is 4.74 Å². The Morgan fingerprint density at radius 1 is 1.54 bits per heavy atom. The highest BCUT2D eigenvalue weighted by Crippen LogP contribution is 2.12. The summed E-state index contributed by atoms with van der Waals surface area (Å²) in [7, 11) is 1.63. The third-order valence-electron chi connectivity index (χ3n) is 1.72. The zero-order valence-corrected chi connectivity index (χ0v) is 7.49. The number of hydrogen-bond acceptors (Lipinski definition) is 3. The average molecular weight is 180 g/mol. The van der Waals surface area contributed by atoms with E-state index in [4.69, 9.17) is 4.74 Å². The molecule has 0 fully saturated rings. The van der Waals surface area contributed by atoms with Crippen LogP contribution in [0.1, 0.15) is 5.56 Å². The summed E-state index contributed by atoms with van der Waals surface area (Å²) in [6, 6.07) is 7.72. The van der Waals surface area contributed by atoms with Crippen LogP contribution in [0.2, 0.25) is 0 Å². The van der Waals surface area contributed by atoms with Crippen LogP contribution in [0.15, 0.2) is 29.6 Å². The minimum absolute atomic E-state index is 0.552. The average Bonchev–Trinajstić information content (AvgIpc) is 2.19. The molecule has 0 spiro atoms. The molecule has 1 N–H and O–H groups in total. The number of nitrogens with zero attached hydrogens (tertiary/aromatic N) is 1. The molecular formula is C9H12N2O2. The molecule has 1 aromatic carbocycles. The van der Waals surface area contributed by atoms with E-state index in [0.29, 0.717) is 6.54 Å². The molecular weight excluding hydrogens is 168 g/mol. The van der Waals surface area contributed by atoms with Gasteiger partial charge in [0, 0.05) is 11.8 Å². The molecule has 0 saturated carbocycles. The van der Waals surface area contributed by atoms with Gasteiger partial charge in [-0.1, -0.05) is 12.1 Å². The Morgan fingerprint density at radius 2 is 2.38 bits per heavy atom. The monoisotopic (exact) mass is 180 g/mol. The molecule has 0 aliphatic rings. The van der Waals surface area contributed by atoms with Gasteiger partial charge in [-0.25, -0.2) is 0 Å². The van der Waals surface area contributed by atoms with E-state index in [0.717, 1.165) is 17.7 Å². The molecule has 0 aliphatic heterocycles. The second kappa shape index (κ2) is 5.13. The number of benzene rings is 1. The summed E-state index contributed by atoms with van der Waals surface area (Å²) in [5.74, 6) is 0.830. The summed E-state index contributed by atoms with van der Waals surface area (Å²) < 4.78 is 5.06. The molecule has 0 saturated heterocycles. The van der Waals surface area contributed by atoms with Gasteiger partial charge in [0.2, 0.25) is 0 Å². The summed E-state index contributed by atoms with van der Waals surface area (Å²) >= 11 is 0. The van der Waals surface area contributed by atoms with Gasteiger partial charge in [0.15, 0.2) is 0 Å². The first-order valence-corrected chi connectivity index (χ1v) is 4.05. The lowest BCUT2D eigenvalue weighted by Crippen LogP contribution is -2.08. The third kappa shape index (κ3) is 3.11. The topological polar surface area (TPSA) is 50.7 Å². The summed E-state index contributed by atoms with van der Waals surface area (Å²) in [6.07, 6.45) is 0.767. The standard InChI is InChI=1S/C9H12N2O2/c1-13-9-4-2-3-8(7-9)5-6-10-11-12/h2-4,7H,5-6H2,1H3,(H,10,12). The van der Waals surface area contributed by atoms with E-state index < -0.39 is 0 Å². The predicted molar refractivity (Wildman–Crippen MR) is 50.5 cm³/mol. The molecule has 70 valence electrons. The van der Waals surface area contributed by atoms with Crippen LogP contribution in [0.3, 0.4) is 0 Å². The lowest BCUT2D eigenvalue weighted by atomic mass is 10.1. The lowest BCUT2D eigenvalue weighted by Gasteiger charge is -2.02. The van der Waals surface area contributed by atoms with Gasteiger partial charge in [-0.05, 0) is 24.1 Å². The van der Waals surface area contributed by atoms with E-state index >= 15 is 0 Å². The van der Waals surface area contributed by atoms with Crippen molar-refractivity contribution < 1.29 is 4.74 Å². The number of nitrogens with one attached hydrogen (secondary N) is 1. The van der Waals surface area contributed by atoms with Crippen LogP contribution in [0.4, 0.5) is 0 Å². The molecule has 0 unspecified atom stereocenters. The Morgan fingerprint density at radius 3 is 3.08 bits per heavy atom. The van der Waals surface area contributed by atoms with Crippen LogP contribution in [-0.2, 0) is 6.42 Å². The van der Waals surface area contributed by atoms with Crippen molar-refractivity contribution in [1.82, 2.24) is 5.43 Å². The van der Waals surface area contributed by atoms with Crippen molar-refractivity contribution in [3.05, 3.63) is 34.7 Å². The highest BCUT2D eigenvalue weighted by molar-refractivity contribution is 5.28. The molecule has 4 heteroatoms. The van der Waals surface area contributed by atoms with Crippen LogP contribution in [-0.4, -0.2) is 13.7 Å². The predicted octanol–water partition coefficient (Wildman–Crippen LogP) is 1.51. The number of rotatable bonds is 5. The SMILES string of the molecule is COc1cccc(CCNN=O)c1. The highest BCUT2D eigenvalue weighted by Gasteiger charge is 1.94. The maximum absolute atomic E-state index is 9.73. The van der Waals surface area contributed by atoms with E-state index in [9.17, 15) is 4.91 Å². The molecule has 0 radical (unpaired) electrons. The Kier molecular flexibility index (Phi) is 3.75. The van der Waals surface area contributed by atoms with Crippen LogP contribution in [0.25, 0.3) is 0 Å². The first-order valence-electron chi connectivity index (χ1n) is 4.05. The van der Waals surface area contributed by atoms with Gasteiger partial charge in [-0.15, -0.1) is 4.91 Å². The van der Waals surface area contributed by atoms with Gasteiger partial charge in [-0.2, -0.15) is 0 Å². The van der Waals surface area contributed by atoms with Crippen LogP contribution < -0.4 is 10.2 Å². The fourth-order valence-electron chi connectivity index (χ4n) is 1.07. The fraction of sp³-hybridized carbons (Fsp3) is 0.333. The van der Waals surface area contributed by atoms with E-state index in [1.165, 1.54) is 0 Å². The molecule has 0 aromatic heterocycles. The Labute approximate surface area is 76.9 Å². The number of methoxy groups -OCH3 is 1. The summed E-state index contributed by atoms with van der Waals surface area (Å²) in [4.78, 5) is 9.73. The Balaban J connectivity index is 2.50. The smallest absolute Gasteiger partial charge is 0.119 e. The van der Waals surface area contributed by atoms with Crippen LogP contribution >= 0.6 is 0 Å². The molecule has 1 aromatic rings. The van der Waals surface area contributed by atoms with Gasteiger partial charge >= 0.3 is 0 Å². The fourth-order valence-corrected chi connectivity index (χ4v) is 1.07. The molecule has 0 heterocycles. The van der Waals surface area contributed by atoms with E-state index in [2.05, 4.69) is 10.7 Å². The van der Waals surface area contributed by atoms with Gasteiger partial charge in [0.25, 0.3) is 0 Å². The molecule has 4 nitrogen and oxygen atoms in total. The summed E-state index contributed by atoms with van der Waals surface area (Å²) in [5.41, 5.74) is 3.48. The van der Waals surface area contributed by atoms with E-state index in [1.54, 1.807) is 7.11 Å². The van der Waals surface area contributed by atoms with E-state index in [1.807, 2.05) is 24.3 Å². The van der Waals surface area contributed by atoms with Crippen LogP contribution in [0, 0.1) is 4.91 Å². The van der Waals surface area contributed by atoms with Gasteiger partial charge in [-0.3, -0.25) is 5.43 Å². The van der Waals surface area contributed by atoms with Crippen molar-refractivity contribution in [3.8, 4) is 5.75 Å². The zero-order chi connectivity index (χ0) is 9.52. The van der Waals surface area contributed by atoms with E-state index in [-0.39, 0.29) is 0 Å². The van der Waals surface area contributed by atoms with Crippen molar-refractivity contribution in [2.75, 3.05) is 13.7 Å². The van der Waals surface area contributed by atoms with Crippen LogP contribution in [0.5, 0.6) is 5.75 Å². The highest BCUT2D eigenvalue weighted by atomic mass is 16.5. The Bertz CT molecular complexity index is 276. The minimum atomic E-state index is 0.552. The van der Waals surface area contributed by atoms with Crippen molar-refractivity contribution in [1.29, 1.82) is 0 Å². The van der Waals surface area contributed by atoms with Gasteiger partial charge in [0.05, 0.1) is 7.11 Å². The van der Waals surface area contributed by atoms with Crippen molar-refractivity contribution in [2.45, 2.75) is 6.42 Å². The third-order valence-corrected chi connectivity index (χ3v) is 1.72. The Hall–Kier alpha value is -1.58. The largest absolute Gasteiger partial charge is 0.497 e. The second-order valence-electron chi connectivity index (χ2n) is 2.60. The molecule has 0 bridgehead atoms. The quantitative estimate of drug-likeness (QED) is 0.424. The first kappa shape index (κ1) is 9.51. The van der Waals surface area contributed by atoms with Crippen molar-refractivity contribution in [3.63, 3.8) is 0 Å². The minimum Gasteiger partial charge on any atom is -0.497 e. The molecule has 0 atom stereocenters. The molecule has 1 rings (SSSR count). The molecule has 13 heavy (non-hydrogen) atoms. The molecule has 0 amide bonds. The summed E-state index contributed by atoms with van der Waals surface area (Å²) in [5, 5.41) is 2.56. The molecule has 0 aliphatic carbocycles. The zero-order valence-electron chi connectivity index (χ0n) is 7.49. The van der Waals surface area contributed by atoms with Crippen molar-refractivity contribution >= 4 is 0 Å².